The van der Waals surface area contributed by atoms with Gasteiger partial charge in [0, 0.05) is 52.4 Å². The van der Waals surface area contributed by atoms with Gasteiger partial charge in [0.1, 0.15) is 0 Å². The smallest absolute Gasteiger partial charge is 0.0951 e. The van der Waals surface area contributed by atoms with Crippen molar-refractivity contribution in [3.8, 4) is 0 Å². The predicted octanol–water partition coefficient (Wildman–Crippen LogP) is 0.232. The summed E-state index contributed by atoms with van der Waals surface area (Å²) in [5.41, 5.74) is 5.69. The minimum absolute atomic E-state index is 0.0250. The van der Waals surface area contributed by atoms with E-state index >= 15 is 0 Å². The summed E-state index contributed by atoms with van der Waals surface area (Å²) in [6, 6.07) is 0.555. The Balaban J connectivity index is 1.91. The van der Waals surface area contributed by atoms with E-state index in [0.29, 0.717) is 12.6 Å². The molecule has 2 saturated heterocycles. The van der Waals surface area contributed by atoms with E-state index in [0.717, 1.165) is 58.8 Å². The molecule has 2 atom stereocenters. The lowest BCUT2D eigenvalue weighted by Gasteiger charge is -2.42. The van der Waals surface area contributed by atoms with E-state index in [1.54, 1.807) is 7.11 Å². The summed E-state index contributed by atoms with van der Waals surface area (Å²) >= 11 is 0. The van der Waals surface area contributed by atoms with Crippen molar-refractivity contribution in [3.05, 3.63) is 0 Å². The monoisotopic (exact) mass is 258 g/mol. The van der Waals surface area contributed by atoms with Gasteiger partial charge in [-0.3, -0.25) is 4.90 Å². The molecule has 106 valence electrons. The average molecular weight is 258 g/mol. The lowest BCUT2D eigenvalue weighted by atomic mass is 9.89. The zero-order valence-corrected chi connectivity index (χ0v) is 11.4. The molecule has 2 fully saturated rings. The van der Waals surface area contributed by atoms with Gasteiger partial charge >= 0.3 is 0 Å². The molecule has 0 aromatic heterocycles. The van der Waals surface area contributed by atoms with Gasteiger partial charge in [-0.15, -0.1) is 0 Å². The molecule has 2 aliphatic rings. The maximum absolute atomic E-state index is 5.98. The molecule has 5 nitrogen and oxygen atoms in total. The number of hydrogen-bond donors (Lipinski definition) is 1. The van der Waals surface area contributed by atoms with E-state index in [4.69, 9.17) is 19.9 Å². The second kappa shape index (κ2) is 6.82. The van der Waals surface area contributed by atoms with Gasteiger partial charge in [-0.05, 0) is 12.8 Å². The molecule has 1 spiro atoms. The molecule has 2 aliphatic heterocycles. The van der Waals surface area contributed by atoms with Crippen LogP contribution in [0.3, 0.4) is 0 Å². The molecule has 2 heterocycles. The van der Waals surface area contributed by atoms with Crippen LogP contribution in [0.1, 0.15) is 19.3 Å². The Bertz CT molecular complexity index is 244. The molecule has 2 unspecified atom stereocenters. The van der Waals surface area contributed by atoms with Crippen molar-refractivity contribution >= 4 is 0 Å². The Kier molecular flexibility index (Phi) is 5.38. The summed E-state index contributed by atoms with van der Waals surface area (Å²) in [5.74, 6) is 0. The van der Waals surface area contributed by atoms with Crippen LogP contribution in [0.25, 0.3) is 0 Å². The predicted molar refractivity (Wildman–Crippen MR) is 69.6 cm³/mol. The lowest BCUT2D eigenvalue weighted by Crippen LogP contribution is -2.51. The van der Waals surface area contributed by atoms with E-state index in [1.807, 2.05) is 0 Å². The first-order valence-corrected chi connectivity index (χ1v) is 6.94. The number of ether oxygens (including phenoxy) is 3. The van der Waals surface area contributed by atoms with Gasteiger partial charge in [0.15, 0.2) is 0 Å². The van der Waals surface area contributed by atoms with Crippen LogP contribution in [0.5, 0.6) is 0 Å². The Morgan fingerprint density at radius 1 is 1.39 bits per heavy atom. The van der Waals surface area contributed by atoms with Gasteiger partial charge in [-0.2, -0.15) is 0 Å². The van der Waals surface area contributed by atoms with Crippen LogP contribution >= 0.6 is 0 Å². The average Bonchev–Trinajstić information content (AvgIpc) is 2.82. The maximum Gasteiger partial charge on any atom is 0.0951 e. The molecule has 0 aliphatic carbocycles. The summed E-state index contributed by atoms with van der Waals surface area (Å²) in [4.78, 5) is 2.45. The third-order valence-corrected chi connectivity index (χ3v) is 4.05. The molecule has 2 rings (SSSR count). The van der Waals surface area contributed by atoms with Gasteiger partial charge in [-0.25, -0.2) is 0 Å². The highest BCUT2D eigenvalue weighted by atomic mass is 16.6. The van der Waals surface area contributed by atoms with Crippen molar-refractivity contribution in [2.24, 2.45) is 5.73 Å². The number of nitrogens with zero attached hydrogens (tertiary/aromatic N) is 1. The summed E-state index contributed by atoms with van der Waals surface area (Å²) in [6.07, 6.45) is 3.19. The maximum atomic E-state index is 5.98. The molecule has 0 bridgehead atoms. The Labute approximate surface area is 110 Å². The molecular weight excluding hydrogens is 232 g/mol. The van der Waals surface area contributed by atoms with Crippen LogP contribution in [0, 0.1) is 0 Å². The van der Waals surface area contributed by atoms with Gasteiger partial charge in [-0.1, -0.05) is 0 Å². The summed E-state index contributed by atoms with van der Waals surface area (Å²) in [6.45, 7) is 5.78. The SMILES string of the molecule is COCCN(CCN)C1CCOC2(CCOC2)C1. The molecule has 0 radical (unpaired) electrons. The number of hydrogen-bond acceptors (Lipinski definition) is 5. The van der Waals surface area contributed by atoms with Crippen molar-refractivity contribution in [1.29, 1.82) is 0 Å². The first-order valence-electron chi connectivity index (χ1n) is 6.94. The van der Waals surface area contributed by atoms with Gasteiger partial charge in [0.05, 0.1) is 18.8 Å². The number of nitrogens with two attached hydrogens (primary N) is 1. The summed E-state index contributed by atoms with van der Waals surface area (Å²) in [5, 5.41) is 0. The standard InChI is InChI=1S/C13H26N2O3/c1-16-9-6-15(5-4-14)12-2-7-18-13(10-12)3-8-17-11-13/h12H,2-11,14H2,1H3. The van der Waals surface area contributed by atoms with E-state index in [1.165, 1.54) is 0 Å². The second-order valence-corrected chi connectivity index (χ2v) is 5.30. The van der Waals surface area contributed by atoms with Crippen LogP contribution in [0.4, 0.5) is 0 Å². The van der Waals surface area contributed by atoms with Crippen molar-refractivity contribution < 1.29 is 14.2 Å². The summed E-state index contributed by atoms with van der Waals surface area (Å²) in [7, 11) is 1.75. The normalized spacial score (nSPS) is 32.5. The van der Waals surface area contributed by atoms with E-state index in [2.05, 4.69) is 4.90 Å². The van der Waals surface area contributed by atoms with Crippen LogP contribution < -0.4 is 5.73 Å². The lowest BCUT2D eigenvalue weighted by molar-refractivity contribution is -0.107. The first kappa shape index (κ1) is 14.2. The van der Waals surface area contributed by atoms with E-state index in [-0.39, 0.29) is 5.60 Å². The molecule has 0 aromatic rings. The second-order valence-electron chi connectivity index (χ2n) is 5.30. The molecule has 0 amide bonds. The van der Waals surface area contributed by atoms with Crippen molar-refractivity contribution in [2.75, 3.05) is 53.2 Å². The van der Waals surface area contributed by atoms with Crippen LogP contribution in [-0.4, -0.2) is 69.7 Å². The van der Waals surface area contributed by atoms with Gasteiger partial charge in [0.25, 0.3) is 0 Å². The van der Waals surface area contributed by atoms with Crippen molar-refractivity contribution in [1.82, 2.24) is 4.90 Å². The summed E-state index contributed by atoms with van der Waals surface area (Å²) < 4.78 is 16.7. The Hall–Kier alpha value is -0.200. The topological polar surface area (TPSA) is 57.0 Å². The molecule has 5 heteroatoms. The minimum atomic E-state index is -0.0250. The zero-order valence-electron chi connectivity index (χ0n) is 11.4. The third kappa shape index (κ3) is 3.42. The van der Waals surface area contributed by atoms with Crippen molar-refractivity contribution in [3.63, 3.8) is 0 Å². The minimum Gasteiger partial charge on any atom is -0.383 e. The fourth-order valence-corrected chi connectivity index (χ4v) is 3.03. The largest absolute Gasteiger partial charge is 0.383 e. The first-order chi connectivity index (χ1) is 8.79. The van der Waals surface area contributed by atoms with Crippen molar-refractivity contribution in [2.45, 2.75) is 30.9 Å². The van der Waals surface area contributed by atoms with Crippen LogP contribution in [-0.2, 0) is 14.2 Å². The molecule has 0 aromatic carbocycles. The molecule has 0 saturated carbocycles. The quantitative estimate of drug-likeness (QED) is 0.739. The fourth-order valence-electron chi connectivity index (χ4n) is 3.03. The highest BCUT2D eigenvalue weighted by Gasteiger charge is 2.42. The third-order valence-electron chi connectivity index (χ3n) is 4.05. The molecule has 2 N–H and O–H groups in total. The van der Waals surface area contributed by atoms with Gasteiger partial charge in [0.2, 0.25) is 0 Å². The highest BCUT2D eigenvalue weighted by molar-refractivity contribution is 4.93. The van der Waals surface area contributed by atoms with Gasteiger partial charge < -0.3 is 19.9 Å². The Morgan fingerprint density at radius 2 is 2.28 bits per heavy atom. The van der Waals surface area contributed by atoms with E-state index < -0.39 is 0 Å². The number of rotatable bonds is 6. The molecule has 18 heavy (non-hydrogen) atoms. The van der Waals surface area contributed by atoms with Crippen LogP contribution in [0.15, 0.2) is 0 Å². The van der Waals surface area contributed by atoms with E-state index in [9.17, 15) is 0 Å². The zero-order chi connectivity index (χ0) is 12.8. The molecular formula is C13H26N2O3. The number of methoxy groups -OCH3 is 1. The fraction of sp³-hybridized carbons (Fsp3) is 1.00. The Morgan fingerprint density at radius 3 is 2.94 bits per heavy atom. The highest BCUT2D eigenvalue weighted by Crippen LogP contribution is 2.34. The van der Waals surface area contributed by atoms with Crippen LogP contribution in [0.2, 0.25) is 0 Å².